The zero-order valence-electron chi connectivity index (χ0n) is 15.9. The van der Waals surface area contributed by atoms with Crippen LogP contribution in [0.4, 0.5) is 5.69 Å². The van der Waals surface area contributed by atoms with Crippen molar-refractivity contribution >= 4 is 34.3 Å². The Hall–Kier alpha value is -3.24. The minimum atomic E-state index is -0.401. The van der Waals surface area contributed by atoms with Crippen LogP contribution in [0.1, 0.15) is 18.9 Å². The number of nitriles is 1. The lowest BCUT2D eigenvalue weighted by Crippen LogP contribution is -2.20. The standard InChI is InChI=1S/C22H20N2O4S/c1-2-5-15-12-22(26)28-19-13-16(8-9-17(15)19)27-14-21(25)24-18-6-3-4-7-20(18)29-11-10-23/h3-4,6-9,12-13H,2,5,11,14H2,1H3,(H,24,25). The number of aryl methyl sites for hydroxylation is 1. The van der Waals surface area contributed by atoms with Crippen LogP contribution in [0, 0.1) is 11.3 Å². The molecule has 1 N–H and O–H groups in total. The lowest BCUT2D eigenvalue weighted by Gasteiger charge is -2.11. The first-order valence-electron chi connectivity index (χ1n) is 9.19. The van der Waals surface area contributed by atoms with Gasteiger partial charge in [-0.3, -0.25) is 4.79 Å². The first-order chi connectivity index (χ1) is 14.1. The van der Waals surface area contributed by atoms with Gasteiger partial charge in [-0.15, -0.1) is 11.8 Å². The molecule has 0 fully saturated rings. The van der Waals surface area contributed by atoms with Crippen LogP contribution in [0.3, 0.4) is 0 Å². The molecule has 0 atom stereocenters. The maximum atomic E-state index is 12.3. The van der Waals surface area contributed by atoms with Crippen molar-refractivity contribution in [1.82, 2.24) is 0 Å². The Bertz CT molecular complexity index is 1120. The van der Waals surface area contributed by atoms with Crippen molar-refractivity contribution in [3.05, 3.63) is 64.5 Å². The van der Waals surface area contributed by atoms with E-state index in [0.717, 1.165) is 28.7 Å². The smallest absolute Gasteiger partial charge is 0.336 e. The average Bonchev–Trinajstić information content (AvgIpc) is 2.71. The maximum Gasteiger partial charge on any atom is 0.336 e. The van der Waals surface area contributed by atoms with E-state index >= 15 is 0 Å². The number of ether oxygens (including phenoxy) is 1. The highest BCUT2D eigenvalue weighted by Crippen LogP contribution is 2.27. The van der Waals surface area contributed by atoms with Crippen LogP contribution in [0.5, 0.6) is 5.75 Å². The Labute approximate surface area is 172 Å². The van der Waals surface area contributed by atoms with Crippen LogP contribution in [0.25, 0.3) is 11.0 Å². The van der Waals surface area contributed by atoms with Crippen LogP contribution < -0.4 is 15.7 Å². The summed E-state index contributed by atoms with van der Waals surface area (Å²) < 4.78 is 10.9. The van der Waals surface area contributed by atoms with E-state index in [1.165, 1.54) is 17.8 Å². The molecule has 0 aliphatic carbocycles. The predicted molar refractivity (Wildman–Crippen MR) is 113 cm³/mol. The fourth-order valence-electron chi connectivity index (χ4n) is 2.92. The molecular formula is C22H20N2O4S. The van der Waals surface area contributed by atoms with E-state index in [4.69, 9.17) is 14.4 Å². The summed E-state index contributed by atoms with van der Waals surface area (Å²) in [7, 11) is 0. The van der Waals surface area contributed by atoms with E-state index in [9.17, 15) is 9.59 Å². The normalized spacial score (nSPS) is 10.5. The van der Waals surface area contributed by atoms with Crippen molar-refractivity contribution in [2.45, 2.75) is 24.7 Å². The molecule has 0 aliphatic heterocycles. The number of amides is 1. The van der Waals surface area contributed by atoms with Gasteiger partial charge in [0.05, 0.1) is 17.5 Å². The van der Waals surface area contributed by atoms with Crippen LogP contribution in [-0.2, 0) is 11.2 Å². The van der Waals surface area contributed by atoms with Crippen molar-refractivity contribution in [3.8, 4) is 11.8 Å². The van der Waals surface area contributed by atoms with Crippen LogP contribution in [0.2, 0.25) is 0 Å². The van der Waals surface area contributed by atoms with Gasteiger partial charge in [-0.25, -0.2) is 4.79 Å². The summed E-state index contributed by atoms with van der Waals surface area (Å²) in [6, 6.07) is 16.1. The molecule has 3 rings (SSSR count). The maximum absolute atomic E-state index is 12.3. The highest BCUT2D eigenvalue weighted by atomic mass is 32.2. The molecule has 6 nitrogen and oxygen atoms in total. The van der Waals surface area contributed by atoms with Gasteiger partial charge in [0.25, 0.3) is 5.91 Å². The Morgan fingerprint density at radius 1 is 1.24 bits per heavy atom. The van der Waals surface area contributed by atoms with Crippen molar-refractivity contribution < 1.29 is 13.9 Å². The van der Waals surface area contributed by atoms with Gasteiger partial charge in [0.2, 0.25) is 0 Å². The molecule has 3 aromatic rings. The molecule has 0 spiro atoms. The molecule has 0 saturated heterocycles. The van der Waals surface area contributed by atoms with E-state index in [0.29, 0.717) is 22.8 Å². The number of para-hydroxylation sites is 1. The monoisotopic (exact) mass is 408 g/mol. The molecule has 0 unspecified atom stereocenters. The van der Waals surface area contributed by atoms with Gasteiger partial charge in [0.15, 0.2) is 6.61 Å². The molecule has 0 radical (unpaired) electrons. The van der Waals surface area contributed by atoms with E-state index < -0.39 is 5.63 Å². The highest BCUT2D eigenvalue weighted by molar-refractivity contribution is 7.99. The van der Waals surface area contributed by atoms with E-state index in [2.05, 4.69) is 11.4 Å². The minimum Gasteiger partial charge on any atom is -0.484 e. The number of carbonyl (C=O) groups excluding carboxylic acids is 1. The predicted octanol–water partition coefficient (Wildman–Crippen LogP) is 4.38. The Morgan fingerprint density at radius 2 is 2.07 bits per heavy atom. The molecular weight excluding hydrogens is 388 g/mol. The van der Waals surface area contributed by atoms with Crippen molar-refractivity contribution in [2.75, 3.05) is 17.7 Å². The summed E-state index contributed by atoms with van der Waals surface area (Å²) in [5.41, 5.74) is 1.61. The quantitative estimate of drug-likeness (QED) is 0.439. The lowest BCUT2D eigenvalue weighted by atomic mass is 10.1. The summed E-state index contributed by atoms with van der Waals surface area (Å²) in [6.45, 7) is 1.86. The fourth-order valence-corrected chi connectivity index (χ4v) is 3.59. The van der Waals surface area contributed by atoms with Gasteiger partial charge in [-0.2, -0.15) is 5.26 Å². The Morgan fingerprint density at radius 3 is 2.86 bits per heavy atom. The van der Waals surface area contributed by atoms with Gasteiger partial charge < -0.3 is 14.5 Å². The first-order valence-corrected chi connectivity index (χ1v) is 10.2. The number of carbonyl (C=O) groups is 1. The van der Waals surface area contributed by atoms with Crippen molar-refractivity contribution in [3.63, 3.8) is 0 Å². The molecule has 0 saturated carbocycles. The number of hydrogen-bond acceptors (Lipinski definition) is 6. The second kappa shape index (κ2) is 9.80. The van der Waals surface area contributed by atoms with Crippen LogP contribution >= 0.6 is 11.8 Å². The zero-order valence-corrected chi connectivity index (χ0v) is 16.8. The van der Waals surface area contributed by atoms with Crippen LogP contribution in [-0.4, -0.2) is 18.3 Å². The Kier molecular flexibility index (Phi) is 6.93. The summed E-state index contributed by atoms with van der Waals surface area (Å²) in [4.78, 5) is 24.9. The molecule has 7 heteroatoms. The van der Waals surface area contributed by atoms with Gasteiger partial charge in [0, 0.05) is 22.4 Å². The van der Waals surface area contributed by atoms with Gasteiger partial charge in [-0.1, -0.05) is 25.5 Å². The van der Waals surface area contributed by atoms with Crippen molar-refractivity contribution in [1.29, 1.82) is 5.26 Å². The number of nitrogens with one attached hydrogen (secondary N) is 1. The number of nitrogens with zero attached hydrogens (tertiary/aromatic N) is 1. The topological polar surface area (TPSA) is 92.3 Å². The third-order valence-corrected chi connectivity index (χ3v) is 5.08. The summed E-state index contributed by atoms with van der Waals surface area (Å²) in [6.07, 6.45) is 1.71. The van der Waals surface area contributed by atoms with E-state index in [-0.39, 0.29) is 12.5 Å². The second-order valence-corrected chi connectivity index (χ2v) is 7.30. The number of rotatable bonds is 8. The summed E-state index contributed by atoms with van der Waals surface area (Å²) in [5, 5.41) is 12.4. The Balaban J connectivity index is 1.69. The van der Waals surface area contributed by atoms with E-state index in [1.54, 1.807) is 18.2 Å². The van der Waals surface area contributed by atoms with Gasteiger partial charge >= 0.3 is 5.63 Å². The third-order valence-electron chi connectivity index (χ3n) is 4.14. The first kappa shape index (κ1) is 20.5. The van der Waals surface area contributed by atoms with E-state index in [1.807, 2.05) is 31.2 Å². The van der Waals surface area contributed by atoms with Crippen LogP contribution in [0.15, 0.2) is 62.6 Å². The SMILES string of the molecule is CCCc1cc(=O)oc2cc(OCC(=O)Nc3ccccc3SCC#N)ccc12. The molecule has 1 amide bonds. The minimum absolute atomic E-state index is 0.193. The number of benzene rings is 2. The molecule has 0 aliphatic rings. The zero-order chi connectivity index (χ0) is 20.6. The molecule has 29 heavy (non-hydrogen) atoms. The molecule has 148 valence electrons. The van der Waals surface area contributed by atoms with Crippen molar-refractivity contribution in [2.24, 2.45) is 0 Å². The number of hydrogen-bond donors (Lipinski definition) is 1. The number of thioether (sulfide) groups is 1. The molecule has 1 heterocycles. The van der Waals surface area contributed by atoms with Gasteiger partial charge in [0.1, 0.15) is 11.3 Å². The second-order valence-electron chi connectivity index (χ2n) is 6.28. The third kappa shape index (κ3) is 5.39. The molecule has 2 aromatic carbocycles. The number of anilines is 1. The average molecular weight is 408 g/mol. The van der Waals surface area contributed by atoms with Gasteiger partial charge in [-0.05, 0) is 36.2 Å². The fraction of sp³-hybridized carbons (Fsp3) is 0.227. The summed E-state index contributed by atoms with van der Waals surface area (Å²) >= 11 is 1.35. The summed E-state index contributed by atoms with van der Waals surface area (Å²) in [5.74, 6) is 0.416. The molecule has 0 bridgehead atoms. The molecule has 1 aromatic heterocycles. The number of fused-ring (bicyclic) bond motifs is 1. The largest absolute Gasteiger partial charge is 0.484 e. The highest BCUT2D eigenvalue weighted by Gasteiger charge is 2.10. The lowest BCUT2D eigenvalue weighted by molar-refractivity contribution is -0.118.